The molecule has 1 saturated heterocycles. The van der Waals surface area contributed by atoms with E-state index in [9.17, 15) is 23.1 Å². The zero-order valence-electron chi connectivity index (χ0n) is 15.5. The van der Waals surface area contributed by atoms with Crippen LogP contribution in [0.5, 0.6) is 0 Å². The molecule has 0 radical (unpaired) electrons. The van der Waals surface area contributed by atoms with E-state index in [-0.39, 0.29) is 18.7 Å². The van der Waals surface area contributed by atoms with E-state index in [0.29, 0.717) is 26.3 Å². The molecule has 146 valence electrons. The van der Waals surface area contributed by atoms with Gasteiger partial charge in [-0.2, -0.15) is 0 Å². The SMILES string of the molecule is CC(C)S(=O)(=O)C(C)(CC1(C(=O)N2CCOCC2)C=CC=CC1)C(=O)O. The smallest absolute Gasteiger partial charge is 0.324 e. The topological polar surface area (TPSA) is 101 Å². The molecule has 26 heavy (non-hydrogen) atoms. The minimum atomic E-state index is -3.99. The number of carbonyl (C=O) groups is 2. The fourth-order valence-electron chi connectivity index (χ4n) is 3.53. The first-order chi connectivity index (χ1) is 12.1. The molecular weight excluding hydrogens is 358 g/mol. The first-order valence-electron chi connectivity index (χ1n) is 8.75. The van der Waals surface area contributed by atoms with Crippen molar-refractivity contribution in [1.29, 1.82) is 0 Å². The number of hydrogen-bond acceptors (Lipinski definition) is 5. The van der Waals surface area contributed by atoms with Gasteiger partial charge in [0.1, 0.15) is 0 Å². The van der Waals surface area contributed by atoms with E-state index in [1.165, 1.54) is 20.8 Å². The molecule has 1 aliphatic carbocycles. The van der Waals surface area contributed by atoms with Gasteiger partial charge in [-0.25, -0.2) is 8.42 Å². The monoisotopic (exact) mass is 385 g/mol. The van der Waals surface area contributed by atoms with Gasteiger partial charge in [0.2, 0.25) is 5.91 Å². The molecular formula is C18H27NO6S. The van der Waals surface area contributed by atoms with Gasteiger partial charge in [0, 0.05) is 13.1 Å². The maximum atomic E-state index is 13.3. The third kappa shape index (κ3) is 3.57. The summed E-state index contributed by atoms with van der Waals surface area (Å²) in [5.41, 5.74) is -1.19. The van der Waals surface area contributed by atoms with Crippen molar-refractivity contribution in [3.05, 3.63) is 24.3 Å². The molecule has 2 rings (SSSR count). The maximum Gasteiger partial charge on any atom is 0.324 e. The van der Waals surface area contributed by atoms with Gasteiger partial charge in [0.15, 0.2) is 14.6 Å². The lowest BCUT2D eigenvalue weighted by Crippen LogP contribution is -2.55. The summed E-state index contributed by atoms with van der Waals surface area (Å²) in [7, 11) is -3.99. The highest BCUT2D eigenvalue weighted by atomic mass is 32.2. The first-order valence-corrected chi connectivity index (χ1v) is 10.3. The summed E-state index contributed by atoms with van der Waals surface area (Å²) in [6, 6.07) is 0. The highest BCUT2D eigenvalue weighted by Crippen LogP contribution is 2.42. The number of hydrogen-bond donors (Lipinski definition) is 1. The van der Waals surface area contributed by atoms with Crippen LogP contribution < -0.4 is 0 Å². The van der Waals surface area contributed by atoms with Gasteiger partial charge in [-0.3, -0.25) is 9.59 Å². The van der Waals surface area contributed by atoms with E-state index < -0.39 is 31.2 Å². The molecule has 8 heteroatoms. The number of allylic oxidation sites excluding steroid dienone is 3. The molecule has 1 heterocycles. The lowest BCUT2D eigenvalue weighted by Gasteiger charge is -2.41. The summed E-state index contributed by atoms with van der Waals surface area (Å²) in [6.07, 6.45) is 6.87. The normalized spacial score (nSPS) is 25.9. The molecule has 1 N–H and O–H groups in total. The Morgan fingerprint density at radius 3 is 2.35 bits per heavy atom. The molecule has 0 bridgehead atoms. The number of carboxylic acids is 1. The van der Waals surface area contributed by atoms with Gasteiger partial charge in [-0.05, 0) is 33.6 Å². The van der Waals surface area contributed by atoms with Crippen molar-refractivity contribution in [2.45, 2.75) is 43.6 Å². The van der Waals surface area contributed by atoms with Crippen molar-refractivity contribution in [2.75, 3.05) is 26.3 Å². The zero-order valence-corrected chi connectivity index (χ0v) is 16.3. The molecule has 0 saturated carbocycles. The Balaban J connectivity index is 2.46. The van der Waals surface area contributed by atoms with Crippen LogP contribution in [0.1, 0.15) is 33.6 Å². The predicted octanol–water partition coefficient (Wildman–Crippen LogP) is 1.40. The maximum absolute atomic E-state index is 13.3. The van der Waals surface area contributed by atoms with Gasteiger partial charge in [0.25, 0.3) is 0 Å². The third-order valence-electron chi connectivity index (χ3n) is 5.22. The summed E-state index contributed by atoms with van der Waals surface area (Å²) in [4.78, 5) is 26.9. The fourth-order valence-corrected chi connectivity index (χ4v) is 5.27. The second-order valence-electron chi connectivity index (χ2n) is 7.36. The van der Waals surface area contributed by atoms with Crippen LogP contribution >= 0.6 is 0 Å². The Hall–Kier alpha value is -1.67. The van der Waals surface area contributed by atoms with E-state index in [1.807, 2.05) is 0 Å². The first kappa shape index (κ1) is 20.6. The van der Waals surface area contributed by atoms with Crippen LogP contribution in [0, 0.1) is 5.41 Å². The van der Waals surface area contributed by atoms with Gasteiger partial charge < -0.3 is 14.7 Å². The minimum absolute atomic E-state index is 0.243. The number of amides is 1. The summed E-state index contributed by atoms with van der Waals surface area (Å²) in [5, 5.41) is 8.93. The van der Waals surface area contributed by atoms with Gasteiger partial charge >= 0.3 is 5.97 Å². The van der Waals surface area contributed by atoms with Crippen LogP contribution in [-0.2, 0) is 24.2 Å². The van der Waals surface area contributed by atoms with Gasteiger partial charge in [0.05, 0.1) is 23.9 Å². The van der Waals surface area contributed by atoms with Crippen LogP contribution in [0.4, 0.5) is 0 Å². The van der Waals surface area contributed by atoms with E-state index in [1.54, 1.807) is 29.2 Å². The van der Waals surface area contributed by atoms with Crippen molar-refractivity contribution < 1.29 is 27.9 Å². The van der Waals surface area contributed by atoms with Crippen LogP contribution in [0.15, 0.2) is 24.3 Å². The molecule has 1 fully saturated rings. The lowest BCUT2D eigenvalue weighted by molar-refractivity contribution is -0.146. The van der Waals surface area contributed by atoms with Crippen molar-refractivity contribution >= 4 is 21.7 Å². The highest BCUT2D eigenvalue weighted by Gasteiger charge is 2.55. The van der Waals surface area contributed by atoms with Crippen LogP contribution in [0.3, 0.4) is 0 Å². The van der Waals surface area contributed by atoms with E-state index >= 15 is 0 Å². The van der Waals surface area contributed by atoms with Crippen molar-refractivity contribution in [1.82, 2.24) is 4.90 Å². The Bertz CT molecular complexity index is 720. The van der Waals surface area contributed by atoms with Crippen molar-refractivity contribution in [2.24, 2.45) is 5.41 Å². The summed E-state index contributed by atoms with van der Waals surface area (Å²) in [5.74, 6) is -1.67. The fraction of sp³-hybridized carbons (Fsp3) is 0.667. The quantitative estimate of drug-likeness (QED) is 0.742. The number of sulfone groups is 1. The molecule has 0 aromatic carbocycles. The number of carboxylic acid groups (broad SMARTS) is 1. The number of carbonyl (C=O) groups excluding carboxylic acids is 1. The van der Waals surface area contributed by atoms with Crippen LogP contribution in [-0.4, -0.2) is 66.6 Å². The van der Waals surface area contributed by atoms with E-state index in [4.69, 9.17) is 4.74 Å². The summed E-state index contributed by atoms with van der Waals surface area (Å²) >= 11 is 0. The summed E-state index contributed by atoms with van der Waals surface area (Å²) in [6.45, 7) is 5.81. The highest BCUT2D eigenvalue weighted by molar-refractivity contribution is 7.94. The lowest BCUT2D eigenvalue weighted by atomic mass is 9.73. The Kier molecular flexibility index (Phi) is 5.97. The third-order valence-corrected chi connectivity index (χ3v) is 8.04. The number of ether oxygens (including phenoxy) is 1. The second-order valence-corrected chi connectivity index (χ2v) is 10.3. The average molecular weight is 385 g/mol. The van der Waals surface area contributed by atoms with Gasteiger partial charge in [-0.15, -0.1) is 0 Å². The largest absolute Gasteiger partial charge is 0.480 e. The van der Waals surface area contributed by atoms with E-state index in [2.05, 4.69) is 0 Å². The molecule has 1 aliphatic heterocycles. The Labute approximate surface area is 154 Å². The molecule has 0 aromatic rings. The summed E-state index contributed by atoms with van der Waals surface area (Å²) < 4.78 is 28.9. The molecule has 0 aromatic heterocycles. The van der Waals surface area contributed by atoms with E-state index in [0.717, 1.165) is 0 Å². The van der Waals surface area contributed by atoms with Crippen LogP contribution in [0.2, 0.25) is 0 Å². The molecule has 2 atom stereocenters. The Morgan fingerprint density at radius 2 is 1.88 bits per heavy atom. The molecule has 2 aliphatic rings. The minimum Gasteiger partial charge on any atom is -0.480 e. The number of aliphatic carboxylic acids is 1. The Morgan fingerprint density at radius 1 is 1.27 bits per heavy atom. The molecule has 7 nitrogen and oxygen atoms in total. The van der Waals surface area contributed by atoms with Gasteiger partial charge in [-0.1, -0.05) is 24.3 Å². The molecule has 2 unspecified atom stereocenters. The second kappa shape index (κ2) is 7.52. The number of rotatable bonds is 6. The predicted molar refractivity (Wildman–Crippen MR) is 97.4 cm³/mol. The molecule has 1 amide bonds. The number of morpholine rings is 1. The van der Waals surface area contributed by atoms with Crippen molar-refractivity contribution in [3.63, 3.8) is 0 Å². The number of nitrogens with zero attached hydrogens (tertiary/aromatic N) is 1. The molecule has 0 spiro atoms. The average Bonchev–Trinajstić information content (AvgIpc) is 2.62. The zero-order chi connectivity index (χ0) is 19.6. The van der Waals surface area contributed by atoms with Crippen LogP contribution in [0.25, 0.3) is 0 Å². The standard InChI is InChI=1S/C18H27NO6S/c1-14(2)26(23,24)17(3,16(21)22)13-18(7-5-4-6-8-18)15(20)19-9-11-25-12-10-19/h4-7,14H,8-13H2,1-3H3,(H,21,22). The van der Waals surface area contributed by atoms with Crippen molar-refractivity contribution in [3.8, 4) is 0 Å².